The Morgan fingerprint density at radius 1 is 1.39 bits per heavy atom. The van der Waals surface area contributed by atoms with Gasteiger partial charge in [-0.15, -0.1) is 0 Å². The van der Waals surface area contributed by atoms with Crippen LogP contribution in [-0.4, -0.2) is 24.5 Å². The van der Waals surface area contributed by atoms with Crippen molar-refractivity contribution in [1.82, 2.24) is 0 Å². The van der Waals surface area contributed by atoms with E-state index in [2.05, 4.69) is 10.1 Å². The van der Waals surface area contributed by atoms with E-state index in [4.69, 9.17) is 0 Å². The van der Waals surface area contributed by atoms with E-state index in [1.54, 1.807) is 0 Å². The van der Waals surface area contributed by atoms with Crippen LogP contribution >= 0.6 is 0 Å². The fourth-order valence-electron chi connectivity index (χ4n) is 1.62. The van der Waals surface area contributed by atoms with Gasteiger partial charge in [-0.3, -0.25) is 0 Å². The van der Waals surface area contributed by atoms with Gasteiger partial charge in [-0.05, 0) is 12.1 Å². The molecule has 1 heterocycles. The molecule has 1 N–H and O–H groups in total. The van der Waals surface area contributed by atoms with Crippen molar-refractivity contribution in [2.45, 2.75) is 18.4 Å². The molecule has 0 amide bonds. The molecule has 0 aromatic heterocycles. The lowest BCUT2D eigenvalue weighted by molar-refractivity contribution is -0.158. The highest BCUT2D eigenvalue weighted by Gasteiger charge is 2.50. The number of ether oxygens (including phenoxy) is 1. The van der Waals surface area contributed by atoms with E-state index < -0.39 is 36.1 Å². The Morgan fingerprint density at radius 3 is 2.67 bits per heavy atom. The lowest BCUT2D eigenvalue weighted by Crippen LogP contribution is -2.22. The molecular weight excluding hydrogens is 254 g/mol. The molecule has 18 heavy (non-hydrogen) atoms. The third kappa shape index (κ3) is 2.55. The summed E-state index contributed by atoms with van der Waals surface area (Å²) in [7, 11) is 0. The molecule has 1 atom stereocenters. The van der Waals surface area contributed by atoms with Crippen LogP contribution in [0.25, 0.3) is 0 Å². The molecular formula is C11H9F4NO2. The van der Waals surface area contributed by atoms with E-state index in [1.807, 2.05) is 0 Å². The molecule has 98 valence electrons. The van der Waals surface area contributed by atoms with Gasteiger partial charge in [0.1, 0.15) is 17.7 Å². The summed E-state index contributed by atoms with van der Waals surface area (Å²) in [6.07, 6.45) is -1.78. The number of hydrogen-bond donors (Lipinski definition) is 1. The number of rotatable bonds is 3. The van der Waals surface area contributed by atoms with Crippen molar-refractivity contribution in [3.63, 3.8) is 0 Å². The molecule has 7 heteroatoms. The quantitative estimate of drug-likeness (QED) is 0.672. The van der Waals surface area contributed by atoms with Crippen LogP contribution in [0.1, 0.15) is 6.42 Å². The van der Waals surface area contributed by atoms with Crippen molar-refractivity contribution in [1.29, 1.82) is 0 Å². The SMILES string of the molecule is O=C1OC(CNc2ccc(F)cc2F)CC1(F)F. The van der Waals surface area contributed by atoms with E-state index in [-0.39, 0.29) is 12.2 Å². The minimum Gasteiger partial charge on any atom is -0.456 e. The highest BCUT2D eigenvalue weighted by molar-refractivity contribution is 5.79. The lowest BCUT2D eigenvalue weighted by atomic mass is 10.2. The molecule has 1 fully saturated rings. The summed E-state index contributed by atoms with van der Waals surface area (Å²) < 4.78 is 55.9. The molecule has 1 saturated heterocycles. The average molecular weight is 263 g/mol. The third-order valence-electron chi connectivity index (χ3n) is 2.51. The molecule has 3 nitrogen and oxygen atoms in total. The van der Waals surface area contributed by atoms with Gasteiger partial charge in [0.2, 0.25) is 0 Å². The summed E-state index contributed by atoms with van der Waals surface area (Å²) in [5, 5.41) is 2.49. The van der Waals surface area contributed by atoms with Gasteiger partial charge in [0, 0.05) is 6.07 Å². The van der Waals surface area contributed by atoms with Gasteiger partial charge in [0.25, 0.3) is 0 Å². The Morgan fingerprint density at radius 2 is 2.11 bits per heavy atom. The van der Waals surface area contributed by atoms with Crippen LogP contribution in [0.5, 0.6) is 0 Å². The second kappa shape index (κ2) is 4.47. The van der Waals surface area contributed by atoms with Crippen molar-refractivity contribution in [3.8, 4) is 0 Å². The Bertz CT molecular complexity index is 478. The van der Waals surface area contributed by atoms with Crippen LogP contribution in [0.2, 0.25) is 0 Å². The van der Waals surface area contributed by atoms with Gasteiger partial charge < -0.3 is 10.1 Å². The molecule has 0 aliphatic carbocycles. The van der Waals surface area contributed by atoms with Crippen molar-refractivity contribution in [3.05, 3.63) is 29.8 Å². The first kappa shape index (κ1) is 12.7. The maximum atomic E-state index is 13.2. The summed E-state index contributed by atoms with van der Waals surface area (Å²) in [4.78, 5) is 10.7. The van der Waals surface area contributed by atoms with Crippen molar-refractivity contribution in [2.24, 2.45) is 0 Å². The van der Waals surface area contributed by atoms with Gasteiger partial charge in [0.15, 0.2) is 0 Å². The first-order valence-electron chi connectivity index (χ1n) is 5.16. The van der Waals surface area contributed by atoms with Gasteiger partial charge >= 0.3 is 11.9 Å². The predicted molar refractivity (Wildman–Crippen MR) is 54.3 cm³/mol. The highest BCUT2D eigenvalue weighted by Crippen LogP contribution is 2.31. The van der Waals surface area contributed by atoms with Crippen LogP contribution in [0, 0.1) is 11.6 Å². The summed E-state index contributed by atoms with van der Waals surface area (Å²) in [6, 6.07) is 2.83. The fourth-order valence-corrected chi connectivity index (χ4v) is 1.62. The number of benzene rings is 1. The normalized spacial score (nSPS) is 21.8. The molecule has 1 unspecified atom stereocenters. The van der Waals surface area contributed by atoms with E-state index in [1.165, 1.54) is 0 Å². The smallest absolute Gasteiger partial charge is 0.377 e. The van der Waals surface area contributed by atoms with E-state index in [0.717, 1.165) is 12.1 Å². The highest BCUT2D eigenvalue weighted by atomic mass is 19.3. The maximum Gasteiger partial charge on any atom is 0.377 e. The average Bonchev–Trinajstić information content (AvgIpc) is 2.51. The standard InChI is InChI=1S/C11H9F4NO2/c12-6-1-2-9(8(13)3-6)16-5-7-4-11(14,15)10(17)18-7/h1-3,7,16H,4-5H2. The maximum absolute atomic E-state index is 13.2. The monoisotopic (exact) mass is 263 g/mol. The number of carbonyl (C=O) groups is 1. The largest absolute Gasteiger partial charge is 0.456 e. The van der Waals surface area contributed by atoms with Crippen molar-refractivity contribution >= 4 is 11.7 Å². The fraction of sp³-hybridized carbons (Fsp3) is 0.364. The van der Waals surface area contributed by atoms with Crippen LogP contribution in [-0.2, 0) is 9.53 Å². The second-order valence-corrected chi connectivity index (χ2v) is 3.94. The van der Waals surface area contributed by atoms with Crippen LogP contribution < -0.4 is 5.32 Å². The number of cyclic esters (lactones) is 1. The van der Waals surface area contributed by atoms with Crippen LogP contribution in [0.15, 0.2) is 18.2 Å². The molecule has 0 spiro atoms. The van der Waals surface area contributed by atoms with Gasteiger partial charge in [-0.1, -0.05) is 0 Å². The molecule has 1 aliphatic rings. The Labute approximate surface area is 99.7 Å². The topological polar surface area (TPSA) is 38.3 Å². The zero-order chi connectivity index (χ0) is 13.3. The van der Waals surface area contributed by atoms with Gasteiger partial charge in [0.05, 0.1) is 18.7 Å². The molecule has 2 rings (SSSR count). The molecule has 1 aromatic rings. The predicted octanol–water partition coefficient (Wildman–Crippen LogP) is 2.33. The summed E-state index contributed by atoms with van der Waals surface area (Å²) in [6.45, 7) is -0.163. The lowest BCUT2D eigenvalue weighted by Gasteiger charge is -2.11. The Hall–Kier alpha value is -1.79. The number of carbonyl (C=O) groups excluding carboxylic acids is 1. The number of halogens is 4. The Balaban J connectivity index is 1.95. The van der Waals surface area contributed by atoms with E-state index in [9.17, 15) is 22.4 Å². The second-order valence-electron chi connectivity index (χ2n) is 3.94. The first-order chi connectivity index (χ1) is 8.38. The summed E-state index contributed by atoms with van der Waals surface area (Å²) in [5.74, 6) is -6.65. The van der Waals surface area contributed by atoms with E-state index >= 15 is 0 Å². The van der Waals surface area contributed by atoms with Gasteiger partial charge in [-0.2, -0.15) is 8.78 Å². The number of hydrogen-bond acceptors (Lipinski definition) is 3. The molecule has 0 bridgehead atoms. The number of nitrogens with one attached hydrogen (secondary N) is 1. The number of anilines is 1. The summed E-state index contributed by atoms with van der Waals surface area (Å²) >= 11 is 0. The van der Waals surface area contributed by atoms with Crippen LogP contribution in [0.3, 0.4) is 0 Å². The van der Waals surface area contributed by atoms with E-state index in [0.29, 0.717) is 6.07 Å². The molecule has 0 radical (unpaired) electrons. The minimum atomic E-state index is -3.49. The minimum absolute atomic E-state index is 0.0392. The van der Waals surface area contributed by atoms with Crippen LogP contribution in [0.4, 0.5) is 23.2 Å². The molecule has 1 aliphatic heterocycles. The van der Waals surface area contributed by atoms with Gasteiger partial charge in [-0.25, -0.2) is 13.6 Å². The molecule has 0 saturated carbocycles. The Kier molecular flexibility index (Phi) is 3.14. The number of esters is 1. The number of alkyl halides is 2. The first-order valence-corrected chi connectivity index (χ1v) is 5.16. The summed E-state index contributed by atoms with van der Waals surface area (Å²) in [5.41, 5.74) is -0.0392. The molecule has 1 aromatic carbocycles. The van der Waals surface area contributed by atoms with Crippen molar-refractivity contribution < 1.29 is 27.1 Å². The zero-order valence-electron chi connectivity index (χ0n) is 9.05. The van der Waals surface area contributed by atoms with Crippen molar-refractivity contribution in [2.75, 3.05) is 11.9 Å². The zero-order valence-corrected chi connectivity index (χ0v) is 9.05. The third-order valence-corrected chi connectivity index (χ3v) is 2.51.